The van der Waals surface area contributed by atoms with Gasteiger partial charge in [0.1, 0.15) is 0 Å². The van der Waals surface area contributed by atoms with Gasteiger partial charge in [-0.1, -0.05) is 0 Å². The molecule has 3 nitrogen and oxygen atoms in total. The fourth-order valence-corrected chi connectivity index (χ4v) is 2.15. The van der Waals surface area contributed by atoms with Gasteiger partial charge in [-0.2, -0.15) is 5.48 Å². The third kappa shape index (κ3) is 2.22. The number of rotatable bonds is 3. The molecule has 76 valence electrons. The van der Waals surface area contributed by atoms with Gasteiger partial charge < -0.3 is 4.74 Å². The van der Waals surface area contributed by atoms with Crippen LogP contribution in [0.2, 0.25) is 0 Å². The number of ether oxygens (including phenoxy) is 1. The zero-order chi connectivity index (χ0) is 9.26. The van der Waals surface area contributed by atoms with Crippen LogP contribution in [0.15, 0.2) is 0 Å². The highest BCUT2D eigenvalue weighted by atomic mass is 16.7. The zero-order valence-corrected chi connectivity index (χ0v) is 8.45. The molecule has 2 saturated heterocycles. The number of hydrogen-bond acceptors (Lipinski definition) is 3. The lowest BCUT2D eigenvalue weighted by Crippen LogP contribution is -2.43. The Labute approximate surface area is 79.7 Å². The summed E-state index contributed by atoms with van der Waals surface area (Å²) in [6.45, 7) is 4.07. The Balaban J connectivity index is 1.79. The monoisotopic (exact) mass is 185 g/mol. The van der Waals surface area contributed by atoms with Gasteiger partial charge in [-0.25, -0.2) is 0 Å². The molecule has 2 bridgehead atoms. The predicted molar refractivity (Wildman–Crippen MR) is 50.3 cm³/mol. The van der Waals surface area contributed by atoms with E-state index in [0.717, 1.165) is 0 Å². The van der Waals surface area contributed by atoms with Crippen molar-refractivity contribution in [3.8, 4) is 0 Å². The minimum absolute atomic E-state index is 0.249. The van der Waals surface area contributed by atoms with Gasteiger partial charge in [0.05, 0.1) is 24.4 Å². The Kier molecular flexibility index (Phi) is 2.86. The van der Waals surface area contributed by atoms with E-state index in [0.29, 0.717) is 18.2 Å². The van der Waals surface area contributed by atoms with E-state index in [9.17, 15) is 0 Å². The van der Waals surface area contributed by atoms with Gasteiger partial charge in [0.15, 0.2) is 0 Å². The molecule has 0 aliphatic carbocycles. The lowest BCUT2D eigenvalue weighted by Gasteiger charge is -2.30. The van der Waals surface area contributed by atoms with Crippen LogP contribution in [0.5, 0.6) is 0 Å². The molecule has 0 aromatic heterocycles. The largest absolute Gasteiger partial charge is 0.373 e. The highest BCUT2D eigenvalue weighted by molar-refractivity contribution is 4.88. The Morgan fingerprint density at radius 1 is 1.23 bits per heavy atom. The molecule has 0 aromatic rings. The average molecular weight is 185 g/mol. The van der Waals surface area contributed by atoms with Crippen LogP contribution in [0.25, 0.3) is 0 Å². The topological polar surface area (TPSA) is 30.5 Å². The maximum absolute atomic E-state index is 5.80. The van der Waals surface area contributed by atoms with Gasteiger partial charge in [-0.05, 0) is 39.5 Å². The van der Waals surface area contributed by atoms with Crippen LogP contribution in [-0.4, -0.2) is 24.4 Å². The van der Waals surface area contributed by atoms with Crippen molar-refractivity contribution in [2.75, 3.05) is 0 Å². The molecule has 2 rings (SSSR count). The molecule has 0 spiro atoms. The number of fused-ring (bicyclic) bond motifs is 2. The van der Waals surface area contributed by atoms with Gasteiger partial charge in [-0.3, -0.25) is 4.84 Å². The second-order valence-corrected chi connectivity index (χ2v) is 4.34. The van der Waals surface area contributed by atoms with Crippen molar-refractivity contribution < 1.29 is 9.57 Å². The summed E-state index contributed by atoms with van der Waals surface area (Å²) in [5.74, 6) is 0. The molecule has 3 heteroatoms. The highest BCUT2D eigenvalue weighted by Crippen LogP contribution is 2.32. The minimum atomic E-state index is 0.249. The van der Waals surface area contributed by atoms with Crippen LogP contribution in [0.4, 0.5) is 0 Å². The molecule has 2 aliphatic heterocycles. The van der Waals surface area contributed by atoms with Crippen LogP contribution < -0.4 is 5.48 Å². The van der Waals surface area contributed by atoms with E-state index in [1.807, 2.05) is 13.8 Å². The molecule has 0 radical (unpaired) electrons. The summed E-state index contributed by atoms with van der Waals surface area (Å²) in [6, 6.07) is 0.418. The second-order valence-electron chi connectivity index (χ2n) is 4.34. The van der Waals surface area contributed by atoms with Crippen molar-refractivity contribution in [2.45, 2.75) is 63.9 Å². The molecular formula is C10H19NO2. The van der Waals surface area contributed by atoms with E-state index in [1.165, 1.54) is 25.7 Å². The van der Waals surface area contributed by atoms with E-state index in [1.54, 1.807) is 0 Å². The molecule has 1 N–H and O–H groups in total. The summed E-state index contributed by atoms with van der Waals surface area (Å²) >= 11 is 0. The van der Waals surface area contributed by atoms with Gasteiger partial charge in [0, 0.05) is 0 Å². The Hall–Kier alpha value is -0.120. The molecule has 0 saturated carbocycles. The first-order valence-corrected chi connectivity index (χ1v) is 5.32. The summed E-state index contributed by atoms with van der Waals surface area (Å²) in [7, 11) is 0. The van der Waals surface area contributed by atoms with E-state index in [4.69, 9.17) is 9.57 Å². The zero-order valence-electron chi connectivity index (χ0n) is 8.45. The third-order valence-electron chi connectivity index (χ3n) is 2.84. The Morgan fingerprint density at radius 3 is 2.77 bits per heavy atom. The SMILES string of the molecule is CC(C)ONC1CCC2CCC1O2. The number of hydrogen-bond donors (Lipinski definition) is 1. The van der Waals surface area contributed by atoms with Gasteiger partial charge >= 0.3 is 0 Å². The van der Waals surface area contributed by atoms with Gasteiger partial charge in [0.2, 0.25) is 0 Å². The first kappa shape index (κ1) is 9.44. The van der Waals surface area contributed by atoms with Gasteiger partial charge in [-0.15, -0.1) is 0 Å². The van der Waals surface area contributed by atoms with Crippen LogP contribution in [0.1, 0.15) is 39.5 Å². The molecular weight excluding hydrogens is 166 g/mol. The lowest BCUT2D eigenvalue weighted by atomic mass is 10.1. The minimum Gasteiger partial charge on any atom is -0.373 e. The van der Waals surface area contributed by atoms with Crippen molar-refractivity contribution in [1.82, 2.24) is 5.48 Å². The molecule has 3 unspecified atom stereocenters. The molecule has 2 heterocycles. The van der Waals surface area contributed by atoms with Crippen molar-refractivity contribution in [1.29, 1.82) is 0 Å². The quantitative estimate of drug-likeness (QED) is 0.678. The van der Waals surface area contributed by atoms with E-state index >= 15 is 0 Å². The summed E-state index contributed by atoms with van der Waals surface area (Å²) < 4.78 is 5.80. The first-order chi connectivity index (χ1) is 6.25. The molecule has 2 aliphatic rings. The standard InChI is InChI=1S/C10H19NO2/c1-7(2)13-11-9-5-3-8-4-6-10(9)12-8/h7-11H,3-6H2,1-2H3. The maximum atomic E-state index is 5.80. The van der Waals surface area contributed by atoms with Crippen LogP contribution in [0, 0.1) is 0 Å². The Morgan fingerprint density at radius 2 is 2.00 bits per heavy atom. The Bertz CT molecular complexity index is 172. The smallest absolute Gasteiger partial charge is 0.0755 e. The second kappa shape index (κ2) is 3.95. The van der Waals surface area contributed by atoms with E-state index in [2.05, 4.69) is 5.48 Å². The molecule has 2 fully saturated rings. The maximum Gasteiger partial charge on any atom is 0.0755 e. The molecule has 3 atom stereocenters. The lowest BCUT2D eigenvalue weighted by molar-refractivity contribution is -0.0919. The van der Waals surface area contributed by atoms with E-state index < -0.39 is 0 Å². The fourth-order valence-electron chi connectivity index (χ4n) is 2.15. The van der Waals surface area contributed by atoms with Crippen molar-refractivity contribution in [2.24, 2.45) is 0 Å². The van der Waals surface area contributed by atoms with E-state index in [-0.39, 0.29) is 6.10 Å². The first-order valence-electron chi connectivity index (χ1n) is 5.32. The van der Waals surface area contributed by atoms with Crippen LogP contribution >= 0.6 is 0 Å². The normalized spacial score (nSPS) is 38.5. The van der Waals surface area contributed by atoms with Crippen LogP contribution in [-0.2, 0) is 9.57 Å². The summed E-state index contributed by atoms with van der Waals surface area (Å²) in [5.41, 5.74) is 3.12. The average Bonchev–Trinajstić information content (AvgIpc) is 2.47. The third-order valence-corrected chi connectivity index (χ3v) is 2.84. The number of nitrogens with one attached hydrogen (secondary N) is 1. The van der Waals surface area contributed by atoms with Crippen molar-refractivity contribution >= 4 is 0 Å². The number of hydroxylamine groups is 1. The van der Waals surface area contributed by atoms with Crippen LogP contribution in [0.3, 0.4) is 0 Å². The highest BCUT2D eigenvalue weighted by Gasteiger charge is 2.36. The van der Waals surface area contributed by atoms with Gasteiger partial charge in [0.25, 0.3) is 0 Å². The molecule has 0 amide bonds. The molecule has 0 aromatic carbocycles. The molecule has 13 heavy (non-hydrogen) atoms. The summed E-state index contributed by atoms with van der Waals surface area (Å²) in [4.78, 5) is 5.40. The summed E-state index contributed by atoms with van der Waals surface area (Å²) in [5, 5.41) is 0. The predicted octanol–water partition coefficient (Wildman–Crippen LogP) is 1.63. The van der Waals surface area contributed by atoms with Crippen molar-refractivity contribution in [3.63, 3.8) is 0 Å². The van der Waals surface area contributed by atoms with Crippen molar-refractivity contribution in [3.05, 3.63) is 0 Å². The summed E-state index contributed by atoms with van der Waals surface area (Å²) in [6.07, 6.45) is 6.02. The fraction of sp³-hybridized carbons (Fsp3) is 1.00.